The molecule has 0 aromatic heterocycles. The molecule has 1 N–H and O–H groups in total. The lowest BCUT2D eigenvalue weighted by atomic mass is 10.1. The number of thioether (sulfide) groups is 1. The monoisotopic (exact) mass is 416 g/mol. The van der Waals surface area contributed by atoms with Crippen LogP contribution >= 0.6 is 23.4 Å². The van der Waals surface area contributed by atoms with Crippen LogP contribution in [0.15, 0.2) is 47.4 Å². The van der Waals surface area contributed by atoms with Gasteiger partial charge in [0.15, 0.2) is 0 Å². The van der Waals surface area contributed by atoms with Crippen LogP contribution in [0.2, 0.25) is 5.02 Å². The van der Waals surface area contributed by atoms with E-state index in [1.165, 1.54) is 22.7 Å². The molecule has 0 heterocycles. The molecule has 0 bridgehead atoms. The van der Waals surface area contributed by atoms with Crippen LogP contribution in [0, 0.1) is 0 Å². The van der Waals surface area contributed by atoms with Gasteiger partial charge in [-0.25, -0.2) is 0 Å². The molecule has 2 aromatic rings. The Labute approximate surface area is 163 Å². The minimum Gasteiger partial charge on any atom is -0.348 e. The number of nitrogens with one attached hydrogen (secondary N) is 1. The number of carbonyl (C=O) groups is 2. The van der Waals surface area contributed by atoms with Gasteiger partial charge in [-0.3, -0.25) is 9.59 Å². The van der Waals surface area contributed by atoms with E-state index in [4.69, 9.17) is 11.6 Å². The van der Waals surface area contributed by atoms with Gasteiger partial charge >= 0.3 is 6.18 Å². The lowest BCUT2D eigenvalue weighted by Crippen LogP contribution is -2.23. The molecule has 0 saturated carbocycles. The van der Waals surface area contributed by atoms with Crippen molar-refractivity contribution in [1.82, 2.24) is 4.90 Å². The van der Waals surface area contributed by atoms with Gasteiger partial charge in [0.05, 0.1) is 21.9 Å². The third kappa shape index (κ3) is 5.64. The summed E-state index contributed by atoms with van der Waals surface area (Å²) >= 11 is 6.76. The molecule has 0 aliphatic carbocycles. The van der Waals surface area contributed by atoms with E-state index in [1.54, 1.807) is 38.4 Å². The van der Waals surface area contributed by atoms with Crippen molar-refractivity contribution < 1.29 is 22.8 Å². The molecule has 0 atom stereocenters. The average molecular weight is 417 g/mol. The molecule has 144 valence electrons. The number of benzene rings is 2. The molecule has 27 heavy (non-hydrogen) atoms. The molecule has 0 unspecified atom stereocenters. The second kappa shape index (κ2) is 8.67. The van der Waals surface area contributed by atoms with Crippen LogP contribution in [-0.4, -0.2) is 36.6 Å². The van der Waals surface area contributed by atoms with Crippen molar-refractivity contribution >= 4 is 40.9 Å². The minimum absolute atomic E-state index is 0.0269. The average Bonchev–Trinajstić information content (AvgIpc) is 2.60. The maximum Gasteiger partial charge on any atom is 0.417 e. The van der Waals surface area contributed by atoms with E-state index in [1.807, 2.05) is 0 Å². The maximum absolute atomic E-state index is 13.0. The van der Waals surface area contributed by atoms with Crippen molar-refractivity contribution in [3.8, 4) is 0 Å². The molecule has 2 amide bonds. The van der Waals surface area contributed by atoms with Gasteiger partial charge in [-0.2, -0.15) is 13.2 Å². The number of carbonyl (C=O) groups excluding carboxylic acids is 2. The third-order valence-electron chi connectivity index (χ3n) is 3.51. The SMILES string of the molecule is CN(C)C(=O)CSc1ccccc1C(=O)Nc1ccc(Cl)c(C(F)(F)F)c1. The predicted octanol–water partition coefficient (Wildman–Crippen LogP) is 4.79. The zero-order valence-corrected chi connectivity index (χ0v) is 16.0. The van der Waals surface area contributed by atoms with E-state index in [2.05, 4.69) is 5.32 Å². The van der Waals surface area contributed by atoms with E-state index in [-0.39, 0.29) is 22.9 Å². The Morgan fingerprint density at radius 1 is 1.15 bits per heavy atom. The highest BCUT2D eigenvalue weighted by molar-refractivity contribution is 8.00. The minimum atomic E-state index is -4.63. The molecule has 4 nitrogen and oxygen atoms in total. The highest BCUT2D eigenvalue weighted by Crippen LogP contribution is 2.36. The Morgan fingerprint density at radius 2 is 1.81 bits per heavy atom. The molecule has 2 rings (SSSR count). The van der Waals surface area contributed by atoms with Crippen LogP contribution in [-0.2, 0) is 11.0 Å². The zero-order valence-electron chi connectivity index (χ0n) is 14.4. The molecule has 0 saturated heterocycles. The number of alkyl halides is 3. The van der Waals surface area contributed by atoms with E-state index in [9.17, 15) is 22.8 Å². The summed E-state index contributed by atoms with van der Waals surface area (Å²) in [5.74, 6) is -0.565. The Balaban J connectivity index is 2.21. The highest BCUT2D eigenvalue weighted by atomic mass is 35.5. The molecule has 0 aliphatic rings. The van der Waals surface area contributed by atoms with Gasteiger partial charge in [0.2, 0.25) is 5.91 Å². The summed E-state index contributed by atoms with van der Waals surface area (Å²) in [6, 6.07) is 9.71. The number of anilines is 1. The number of nitrogens with zero attached hydrogens (tertiary/aromatic N) is 1. The van der Waals surface area contributed by atoms with Gasteiger partial charge in [0.25, 0.3) is 5.91 Å². The van der Waals surface area contributed by atoms with Crippen molar-refractivity contribution in [3.05, 3.63) is 58.6 Å². The predicted molar refractivity (Wildman–Crippen MR) is 100 cm³/mol. The Hall–Kier alpha value is -2.19. The summed E-state index contributed by atoms with van der Waals surface area (Å²) in [5, 5.41) is 2.00. The Bertz CT molecular complexity index is 857. The van der Waals surface area contributed by atoms with Crippen LogP contribution in [0.25, 0.3) is 0 Å². The van der Waals surface area contributed by atoms with Crippen LogP contribution in [0.5, 0.6) is 0 Å². The van der Waals surface area contributed by atoms with Crippen LogP contribution in [0.1, 0.15) is 15.9 Å². The first-order valence-electron chi connectivity index (χ1n) is 7.69. The lowest BCUT2D eigenvalue weighted by Gasteiger charge is -2.14. The second-order valence-electron chi connectivity index (χ2n) is 5.72. The summed E-state index contributed by atoms with van der Waals surface area (Å²) < 4.78 is 38.9. The fourth-order valence-corrected chi connectivity index (χ4v) is 3.32. The fraction of sp³-hybridized carbons (Fsp3) is 0.222. The van der Waals surface area contributed by atoms with Gasteiger partial charge in [-0.1, -0.05) is 23.7 Å². The molecular formula is C18H16ClF3N2O2S. The number of rotatable bonds is 5. The summed E-state index contributed by atoms with van der Waals surface area (Å²) in [4.78, 5) is 26.2. The third-order valence-corrected chi connectivity index (χ3v) is 4.90. The number of hydrogen-bond donors (Lipinski definition) is 1. The molecular weight excluding hydrogens is 401 g/mol. The summed E-state index contributed by atoms with van der Waals surface area (Å²) in [6.45, 7) is 0. The molecule has 2 aromatic carbocycles. The van der Waals surface area contributed by atoms with Crippen molar-refractivity contribution in [1.29, 1.82) is 0 Å². The van der Waals surface area contributed by atoms with Gasteiger partial charge in [0, 0.05) is 24.7 Å². The van der Waals surface area contributed by atoms with Gasteiger partial charge in [-0.05, 0) is 30.3 Å². The van der Waals surface area contributed by atoms with E-state index >= 15 is 0 Å². The van der Waals surface area contributed by atoms with Crippen LogP contribution in [0.4, 0.5) is 18.9 Å². The first-order chi connectivity index (χ1) is 12.6. The first-order valence-corrected chi connectivity index (χ1v) is 9.06. The smallest absolute Gasteiger partial charge is 0.348 e. The van der Waals surface area contributed by atoms with Crippen molar-refractivity contribution in [2.24, 2.45) is 0 Å². The Kier molecular flexibility index (Phi) is 6.78. The number of amides is 2. The van der Waals surface area contributed by atoms with Crippen molar-refractivity contribution in [3.63, 3.8) is 0 Å². The standard InChI is InChI=1S/C18H16ClF3N2O2S/c1-24(2)16(25)10-27-15-6-4-3-5-12(15)17(26)23-11-7-8-14(19)13(9-11)18(20,21)22/h3-9H,10H2,1-2H3,(H,23,26). The summed E-state index contributed by atoms with van der Waals surface area (Å²) in [5.41, 5.74) is -0.792. The quantitative estimate of drug-likeness (QED) is 0.713. The second-order valence-corrected chi connectivity index (χ2v) is 7.14. The highest BCUT2D eigenvalue weighted by Gasteiger charge is 2.33. The van der Waals surface area contributed by atoms with Gasteiger partial charge in [0.1, 0.15) is 0 Å². The van der Waals surface area contributed by atoms with Crippen LogP contribution in [0.3, 0.4) is 0 Å². The van der Waals surface area contributed by atoms with Gasteiger partial charge < -0.3 is 10.2 Å². The topological polar surface area (TPSA) is 49.4 Å². The largest absolute Gasteiger partial charge is 0.417 e. The molecule has 0 fully saturated rings. The van der Waals surface area contributed by atoms with Crippen LogP contribution < -0.4 is 5.32 Å². The molecule has 9 heteroatoms. The normalized spacial score (nSPS) is 11.2. The molecule has 0 aliphatic heterocycles. The van der Waals surface area contributed by atoms with Crippen molar-refractivity contribution in [2.75, 3.05) is 25.2 Å². The van der Waals surface area contributed by atoms with E-state index < -0.39 is 22.7 Å². The summed E-state index contributed by atoms with van der Waals surface area (Å²) in [6.07, 6.45) is -4.63. The lowest BCUT2D eigenvalue weighted by molar-refractivity contribution is -0.137. The number of halogens is 4. The number of hydrogen-bond acceptors (Lipinski definition) is 3. The Morgan fingerprint density at radius 3 is 2.44 bits per heavy atom. The zero-order chi connectivity index (χ0) is 20.2. The molecule has 0 radical (unpaired) electrons. The first kappa shape index (κ1) is 21.1. The van der Waals surface area contributed by atoms with E-state index in [0.29, 0.717) is 4.90 Å². The maximum atomic E-state index is 13.0. The van der Waals surface area contributed by atoms with Crippen molar-refractivity contribution in [2.45, 2.75) is 11.1 Å². The molecule has 0 spiro atoms. The van der Waals surface area contributed by atoms with Gasteiger partial charge in [-0.15, -0.1) is 11.8 Å². The summed E-state index contributed by atoms with van der Waals surface area (Å²) in [7, 11) is 3.25. The van der Waals surface area contributed by atoms with E-state index in [0.717, 1.165) is 12.1 Å². The fourth-order valence-electron chi connectivity index (χ4n) is 2.07.